The Morgan fingerprint density at radius 1 is 1.30 bits per heavy atom. The van der Waals surface area contributed by atoms with Crippen molar-refractivity contribution in [1.29, 1.82) is 0 Å². The quantitative estimate of drug-likeness (QED) is 0.399. The number of benzene rings is 1. The molecule has 30 heavy (non-hydrogen) atoms. The smallest absolute Gasteiger partial charge is 0.303 e. The second kappa shape index (κ2) is 14.2. The van der Waals surface area contributed by atoms with Crippen molar-refractivity contribution in [1.82, 2.24) is 10.2 Å². The molecule has 1 rings (SSSR count). The number of rotatable bonds is 14. The lowest BCUT2D eigenvalue weighted by molar-refractivity contribution is -0.138. The molecule has 0 aliphatic carbocycles. The Labute approximate surface area is 203 Å². The van der Waals surface area contributed by atoms with E-state index in [9.17, 15) is 19.5 Å². The summed E-state index contributed by atoms with van der Waals surface area (Å²) in [5.74, 6) is -3.73. The maximum Gasteiger partial charge on any atom is 0.303 e. The van der Waals surface area contributed by atoms with Crippen LogP contribution in [0.15, 0.2) is 18.2 Å². The minimum Gasteiger partial charge on any atom is -0.481 e. The third-order valence-corrected chi connectivity index (χ3v) is 4.48. The maximum absolute atomic E-state index is 13.7. The first-order valence-electron chi connectivity index (χ1n) is 14.3. The van der Waals surface area contributed by atoms with Gasteiger partial charge in [0.2, 0.25) is 5.91 Å². The Morgan fingerprint density at radius 3 is 2.70 bits per heavy atom. The third-order valence-electron chi connectivity index (χ3n) is 3.74. The topological polar surface area (TPSA) is 95.9 Å². The van der Waals surface area contributed by atoms with E-state index < -0.39 is 75.7 Å². The van der Waals surface area contributed by atoms with E-state index in [1.54, 1.807) is 0 Å². The molecule has 1 unspecified atom stereocenters. The molecule has 0 heterocycles. The van der Waals surface area contributed by atoms with Gasteiger partial charge in [-0.15, -0.1) is 0 Å². The number of hydrogen-bond acceptors (Lipinski definition) is 4. The van der Waals surface area contributed by atoms with Gasteiger partial charge in [0.05, 0.1) is 10.0 Å². The van der Waals surface area contributed by atoms with E-state index in [2.05, 4.69) is 5.32 Å². The van der Waals surface area contributed by atoms with E-state index in [1.807, 2.05) is 0 Å². The van der Waals surface area contributed by atoms with Gasteiger partial charge in [-0.2, -0.15) is 0 Å². The van der Waals surface area contributed by atoms with Crippen LogP contribution in [0.25, 0.3) is 0 Å². The molecule has 1 atom stereocenters. The van der Waals surface area contributed by atoms with E-state index in [4.69, 9.17) is 43.0 Å². The number of amides is 2. The zero-order valence-corrected chi connectivity index (χ0v) is 17.6. The normalized spacial score (nSPS) is 19.5. The first-order valence-corrected chi connectivity index (χ1v) is 9.51. The van der Waals surface area contributed by atoms with E-state index in [1.165, 1.54) is 19.2 Å². The van der Waals surface area contributed by atoms with Gasteiger partial charge in [-0.3, -0.25) is 14.4 Å². The first kappa shape index (κ1) is 13.6. The number of carbonyl (C=O) groups excluding carboxylic acids is 2. The van der Waals surface area contributed by atoms with Crippen molar-refractivity contribution in [2.75, 3.05) is 26.8 Å². The summed E-state index contributed by atoms with van der Waals surface area (Å²) in [7, 11) is 1.27. The number of carboxylic acid groups (broad SMARTS) is 1. The highest BCUT2D eigenvalue weighted by Crippen LogP contribution is 2.22. The monoisotopic (exact) mass is 471 g/mol. The molecule has 1 aromatic carbocycles. The van der Waals surface area contributed by atoms with Crippen LogP contribution in [-0.4, -0.2) is 60.6 Å². The molecule has 9 heteroatoms. The standard InChI is InChI=1S/C21H30Cl2N2O5/c1-3-4-5-11-25(12-6-13-30-2)21(29)18(9-10-19(26)27)24-20(28)15-7-8-16(22)17(23)14-15/h7-8,14,18H,3-6,9-13H2,1-2H3,(H,24,28)(H,26,27)/i1D3,3D2,4D2,5D2,11D2. The second-order valence-corrected chi connectivity index (χ2v) is 6.72. The molecule has 168 valence electrons. The van der Waals surface area contributed by atoms with Gasteiger partial charge >= 0.3 is 5.97 Å². The molecular weight excluding hydrogens is 431 g/mol. The highest BCUT2D eigenvalue weighted by molar-refractivity contribution is 6.42. The van der Waals surface area contributed by atoms with E-state index >= 15 is 0 Å². The van der Waals surface area contributed by atoms with E-state index in [0.717, 1.165) is 6.07 Å². The summed E-state index contributed by atoms with van der Waals surface area (Å²) in [5.41, 5.74) is -0.112. The fourth-order valence-corrected chi connectivity index (χ4v) is 2.61. The van der Waals surface area contributed by atoms with Gasteiger partial charge in [-0.1, -0.05) is 42.8 Å². The molecule has 2 N–H and O–H groups in total. The molecule has 0 bridgehead atoms. The zero-order chi connectivity index (χ0) is 32.2. The predicted molar refractivity (Wildman–Crippen MR) is 117 cm³/mol. The molecule has 0 saturated heterocycles. The van der Waals surface area contributed by atoms with Gasteiger partial charge in [0.1, 0.15) is 6.04 Å². The van der Waals surface area contributed by atoms with Gasteiger partial charge in [-0.25, -0.2) is 0 Å². The number of carboxylic acids is 1. The van der Waals surface area contributed by atoms with E-state index in [0.29, 0.717) is 0 Å². The Morgan fingerprint density at radius 2 is 2.07 bits per heavy atom. The van der Waals surface area contributed by atoms with Gasteiger partial charge in [0.25, 0.3) is 5.91 Å². The van der Waals surface area contributed by atoms with Gasteiger partial charge in [0.15, 0.2) is 0 Å². The Balaban J connectivity index is 3.63. The Bertz CT molecular complexity index is 1120. The largest absolute Gasteiger partial charge is 0.481 e. The SMILES string of the molecule is [2H]C([2H])([2H])C([2H])([2H])C([2H])([2H])C([2H])([2H])C([2H])([2H])N(CCCOC)C(=O)C(CCC(=O)O)NC(=O)c1ccc(Cl)c(Cl)c1. The predicted octanol–water partition coefficient (Wildman–Crippen LogP) is 4.01. The van der Waals surface area contributed by atoms with Crippen molar-refractivity contribution in [2.45, 2.75) is 51.3 Å². The molecule has 0 fully saturated rings. The zero-order valence-electron chi connectivity index (χ0n) is 27.1. The van der Waals surface area contributed by atoms with Crippen LogP contribution >= 0.6 is 23.2 Å². The molecule has 7 nitrogen and oxygen atoms in total. The van der Waals surface area contributed by atoms with Crippen LogP contribution < -0.4 is 5.32 Å². The van der Waals surface area contributed by atoms with Gasteiger partial charge < -0.3 is 20.1 Å². The number of hydrogen-bond donors (Lipinski definition) is 2. The Kier molecular flexibility index (Phi) is 6.43. The van der Waals surface area contributed by atoms with Crippen LogP contribution in [0.4, 0.5) is 0 Å². The molecule has 0 saturated carbocycles. The fourth-order valence-electron chi connectivity index (χ4n) is 2.31. The lowest BCUT2D eigenvalue weighted by Crippen LogP contribution is -2.49. The van der Waals surface area contributed by atoms with Gasteiger partial charge in [-0.05, 0) is 37.4 Å². The average Bonchev–Trinajstić information content (AvgIpc) is 2.84. The summed E-state index contributed by atoms with van der Waals surface area (Å²) < 4.78 is 92.4. The van der Waals surface area contributed by atoms with Crippen LogP contribution in [0.3, 0.4) is 0 Å². The molecule has 2 amide bonds. The lowest BCUT2D eigenvalue weighted by atomic mass is 10.1. The van der Waals surface area contributed by atoms with Crippen LogP contribution in [0.5, 0.6) is 0 Å². The van der Waals surface area contributed by atoms with Gasteiger partial charge in [0, 0.05) is 53.8 Å². The number of halogens is 2. The third kappa shape index (κ3) is 9.32. The minimum absolute atomic E-state index is 0.0239. The molecule has 0 aromatic heterocycles. The molecule has 0 spiro atoms. The highest BCUT2D eigenvalue weighted by Gasteiger charge is 2.27. The summed E-state index contributed by atoms with van der Waals surface area (Å²) in [6.07, 6.45) is -13.4. The summed E-state index contributed by atoms with van der Waals surface area (Å²) in [5, 5.41) is 11.5. The van der Waals surface area contributed by atoms with Crippen LogP contribution in [-0.2, 0) is 14.3 Å². The molecule has 0 aliphatic heterocycles. The minimum atomic E-state index is -4.05. The maximum atomic E-state index is 13.7. The van der Waals surface area contributed by atoms with Crippen molar-refractivity contribution in [3.05, 3.63) is 33.8 Å². The Hall–Kier alpha value is -1.83. The number of nitrogens with one attached hydrogen (secondary N) is 1. The summed E-state index contributed by atoms with van der Waals surface area (Å²) in [4.78, 5) is 38.1. The van der Waals surface area contributed by atoms with Crippen molar-refractivity contribution >= 4 is 41.0 Å². The molecule has 0 radical (unpaired) electrons. The number of ether oxygens (including phenoxy) is 1. The number of nitrogens with zero attached hydrogens (tertiary/aromatic N) is 1. The van der Waals surface area contributed by atoms with Crippen LogP contribution in [0, 0.1) is 0 Å². The van der Waals surface area contributed by atoms with Crippen molar-refractivity contribution in [2.24, 2.45) is 0 Å². The van der Waals surface area contributed by atoms with Crippen molar-refractivity contribution < 1.29 is 39.3 Å². The number of aliphatic carboxylic acids is 1. The summed E-state index contributed by atoms with van der Waals surface area (Å²) >= 11 is 11.8. The average molecular weight is 472 g/mol. The molecule has 0 aliphatic rings. The number of methoxy groups -OCH3 is 1. The highest BCUT2D eigenvalue weighted by atomic mass is 35.5. The first-order chi connectivity index (χ1) is 18.5. The summed E-state index contributed by atoms with van der Waals surface area (Å²) in [6.45, 7) is -8.24. The lowest BCUT2D eigenvalue weighted by Gasteiger charge is -2.28. The molecular formula is C21H30Cl2N2O5. The second-order valence-electron chi connectivity index (χ2n) is 5.91. The summed E-state index contributed by atoms with van der Waals surface area (Å²) in [6, 6.07) is 1.87. The van der Waals surface area contributed by atoms with E-state index in [-0.39, 0.29) is 33.5 Å². The molecule has 1 aromatic rings. The number of carbonyl (C=O) groups is 3. The van der Waals surface area contributed by atoms with Crippen molar-refractivity contribution in [3.8, 4) is 0 Å². The van der Waals surface area contributed by atoms with Crippen molar-refractivity contribution in [3.63, 3.8) is 0 Å². The fraction of sp³-hybridized carbons (Fsp3) is 0.571. The van der Waals surface area contributed by atoms with Crippen LogP contribution in [0.2, 0.25) is 10.0 Å². The van der Waals surface area contributed by atoms with Crippen LogP contribution in [0.1, 0.15) is 70.7 Å².